The topological polar surface area (TPSA) is 64.9 Å². The molecule has 0 amide bonds. The second-order valence-electron chi connectivity index (χ2n) is 3.90. The van der Waals surface area contributed by atoms with E-state index in [4.69, 9.17) is 33.5 Å². The molecular weight excluding hydrogens is 385 g/mol. The van der Waals surface area contributed by atoms with Gasteiger partial charge in [0.05, 0.1) is 21.2 Å². The fourth-order valence-electron chi connectivity index (χ4n) is 1.62. The number of nitrogens with zero attached hydrogens (tertiary/aromatic N) is 2. The summed E-state index contributed by atoms with van der Waals surface area (Å²) in [6.07, 6.45) is 0. The van der Waals surface area contributed by atoms with Crippen molar-refractivity contribution in [3.05, 3.63) is 38.1 Å². The highest BCUT2D eigenvalue weighted by atomic mass is 79.9. The molecule has 2 aromatic heterocycles. The van der Waals surface area contributed by atoms with Gasteiger partial charge in [-0.25, -0.2) is 0 Å². The first kappa shape index (κ1) is 13.9. The molecule has 3 aromatic rings. The number of nitrogens with two attached hydrogens (primary N) is 1. The highest BCUT2D eigenvalue weighted by Gasteiger charge is 2.16. The number of rotatable bonds is 2. The van der Waals surface area contributed by atoms with Crippen LogP contribution in [0, 0.1) is 0 Å². The average Bonchev–Trinajstić information content (AvgIpc) is 3.02. The Balaban J connectivity index is 2.06. The fourth-order valence-corrected chi connectivity index (χ4v) is 3.47. The first-order chi connectivity index (χ1) is 9.54. The summed E-state index contributed by atoms with van der Waals surface area (Å²) in [5.74, 6) is 0.776. The second kappa shape index (κ2) is 5.37. The maximum absolute atomic E-state index is 5.99. The lowest BCUT2D eigenvalue weighted by Crippen LogP contribution is -1.91. The SMILES string of the molecule is Nc1c(Cl)cc(Cl)cc1-c1nc(-c2cc(Br)cs2)no1. The minimum Gasteiger partial charge on any atom is -0.397 e. The van der Waals surface area contributed by atoms with Gasteiger partial charge in [-0.2, -0.15) is 4.98 Å². The minimum absolute atomic E-state index is 0.284. The predicted octanol–water partition coefficient (Wildman–Crippen LogP) is 5.12. The number of hydrogen-bond donors (Lipinski definition) is 1. The lowest BCUT2D eigenvalue weighted by Gasteiger charge is -2.03. The van der Waals surface area contributed by atoms with Crippen molar-refractivity contribution >= 4 is 56.2 Å². The van der Waals surface area contributed by atoms with E-state index in [2.05, 4.69) is 26.1 Å². The van der Waals surface area contributed by atoms with Crippen molar-refractivity contribution in [2.45, 2.75) is 0 Å². The molecule has 0 saturated heterocycles. The van der Waals surface area contributed by atoms with Gasteiger partial charge in [-0.3, -0.25) is 0 Å². The molecule has 0 fully saturated rings. The minimum atomic E-state index is 0.284. The van der Waals surface area contributed by atoms with E-state index in [1.54, 1.807) is 12.1 Å². The molecule has 4 nitrogen and oxygen atoms in total. The van der Waals surface area contributed by atoms with Crippen molar-refractivity contribution in [2.75, 3.05) is 5.73 Å². The molecule has 20 heavy (non-hydrogen) atoms. The van der Waals surface area contributed by atoms with Crippen LogP contribution in [0.4, 0.5) is 5.69 Å². The zero-order valence-corrected chi connectivity index (χ0v) is 13.6. The second-order valence-corrected chi connectivity index (χ2v) is 6.57. The number of halogens is 3. The Morgan fingerprint density at radius 3 is 2.75 bits per heavy atom. The lowest BCUT2D eigenvalue weighted by molar-refractivity contribution is 0.432. The van der Waals surface area contributed by atoms with Crippen LogP contribution in [0.15, 0.2) is 32.6 Å². The van der Waals surface area contributed by atoms with Crippen LogP contribution in [0.5, 0.6) is 0 Å². The van der Waals surface area contributed by atoms with Crippen LogP contribution in [-0.2, 0) is 0 Å². The standard InChI is InChI=1S/C12H6BrCl2N3OS/c13-5-1-9(20-4-5)11-17-12(19-18-11)7-2-6(14)3-8(15)10(7)16/h1-4H,16H2. The van der Waals surface area contributed by atoms with Gasteiger partial charge in [-0.15, -0.1) is 11.3 Å². The average molecular weight is 391 g/mol. The van der Waals surface area contributed by atoms with Crippen LogP contribution in [-0.4, -0.2) is 10.1 Å². The van der Waals surface area contributed by atoms with Crippen LogP contribution in [0.2, 0.25) is 10.0 Å². The molecule has 0 aliphatic rings. The molecule has 102 valence electrons. The molecule has 1 aromatic carbocycles. The number of benzene rings is 1. The lowest BCUT2D eigenvalue weighted by atomic mass is 10.2. The van der Waals surface area contributed by atoms with Gasteiger partial charge in [0.25, 0.3) is 5.89 Å². The molecule has 0 radical (unpaired) electrons. The Kier molecular flexibility index (Phi) is 3.72. The maximum atomic E-state index is 5.99. The van der Waals surface area contributed by atoms with Gasteiger partial charge in [-0.1, -0.05) is 28.4 Å². The van der Waals surface area contributed by atoms with E-state index in [0.29, 0.717) is 27.1 Å². The zero-order chi connectivity index (χ0) is 14.3. The van der Waals surface area contributed by atoms with E-state index in [1.807, 2.05) is 11.4 Å². The number of anilines is 1. The summed E-state index contributed by atoms with van der Waals surface area (Å²) >= 11 is 16.8. The summed E-state index contributed by atoms with van der Waals surface area (Å²) in [7, 11) is 0. The normalized spacial score (nSPS) is 10.9. The van der Waals surface area contributed by atoms with Crippen LogP contribution in [0.3, 0.4) is 0 Å². The maximum Gasteiger partial charge on any atom is 0.260 e. The van der Waals surface area contributed by atoms with Crippen LogP contribution >= 0.6 is 50.5 Å². The van der Waals surface area contributed by atoms with E-state index in [9.17, 15) is 0 Å². The molecule has 0 bridgehead atoms. The highest BCUT2D eigenvalue weighted by molar-refractivity contribution is 9.10. The fraction of sp³-hybridized carbons (Fsp3) is 0. The zero-order valence-electron chi connectivity index (χ0n) is 9.73. The van der Waals surface area contributed by atoms with Gasteiger partial charge >= 0.3 is 0 Å². The third-order valence-corrected chi connectivity index (χ3v) is 4.76. The van der Waals surface area contributed by atoms with Gasteiger partial charge in [0.1, 0.15) is 0 Å². The molecule has 0 saturated carbocycles. The van der Waals surface area contributed by atoms with E-state index in [0.717, 1.165) is 9.35 Å². The van der Waals surface area contributed by atoms with Gasteiger partial charge < -0.3 is 10.3 Å². The smallest absolute Gasteiger partial charge is 0.260 e. The van der Waals surface area contributed by atoms with Crippen molar-refractivity contribution in [3.8, 4) is 22.2 Å². The van der Waals surface area contributed by atoms with Gasteiger partial charge in [0.15, 0.2) is 0 Å². The van der Waals surface area contributed by atoms with Gasteiger partial charge in [0.2, 0.25) is 5.82 Å². The Labute approximate surface area is 136 Å². The quantitative estimate of drug-likeness (QED) is 0.617. The summed E-state index contributed by atoms with van der Waals surface area (Å²) in [4.78, 5) is 5.21. The van der Waals surface area contributed by atoms with Crippen molar-refractivity contribution in [1.29, 1.82) is 0 Å². The molecule has 0 spiro atoms. The third kappa shape index (κ3) is 2.56. The molecule has 0 aliphatic carbocycles. The van der Waals surface area contributed by atoms with E-state index in [-0.39, 0.29) is 5.89 Å². The van der Waals surface area contributed by atoms with Crippen LogP contribution in [0.1, 0.15) is 0 Å². The monoisotopic (exact) mass is 389 g/mol. The highest BCUT2D eigenvalue weighted by Crippen LogP contribution is 2.35. The Morgan fingerprint density at radius 1 is 1.25 bits per heavy atom. The molecule has 0 aliphatic heterocycles. The van der Waals surface area contributed by atoms with Crippen molar-refractivity contribution < 1.29 is 4.52 Å². The molecule has 2 heterocycles. The predicted molar refractivity (Wildman–Crippen MR) is 85.2 cm³/mol. The first-order valence-electron chi connectivity index (χ1n) is 5.37. The van der Waals surface area contributed by atoms with Crippen LogP contribution < -0.4 is 5.73 Å². The van der Waals surface area contributed by atoms with E-state index >= 15 is 0 Å². The largest absolute Gasteiger partial charge is 0.397 e. The Hall–Kier alpha value is -1.08. The number of nitrogen functional groups attached to an aromatic ring is 1. The van der Waals surface area contributed by atoms with Gasteiger partial charge in [-0.05, 0) is 34.1 Å². The summed E-state index contributed by atoms with van der Waals surface area (Å²) < 4.78 is 6.20. The number of hydrogen-bond acceptors (Lipinski definition) is 5. The molecule has 0 atom stereocenters. The van der Waals surface area contributed by atoms with Gasteiger partial charge in [0, 0.05) is 14.9 Å². The van der Waals surface area contributed by atoms with E-state index in [1.165, 1.54) is 11.3 Å². The summed E-state index contributed by atoms with van der Waals surface area (Å²) in [5.41, 5.74) is 6.80. The number of thiophene rings is 1. The summed E-state index contributed by atoms with van der Waals surface area (Å²) in [5, 5.41) is 6.69. The molecule has 8 heteroatoms. The third-order valence-electron chi connectivity index (χ3n) is 2.54. The molecule has 0 unspecified atom stereocenters. The Morgan fingerprint density at radius 2 is 2.05 bits per heavy atom. The molecule has 2 N–H and O–H groups in total. The molecular formula is C12H6BrCl2N3OS. The van der Waals surface area contributed by atoms with Crippen molar-refractivity contribution in [2.24, 2.45) is 0 Å². The Bertz CT molecular complexity index is 787. The van der Waals surface area contributed by atoms with E-state index < -0.39 is 0 Å². The first-order valence-corrected chi connectivity index (χ1v) is 7.80. The summed E-state index contributed by atoms with van der Waals surface area (Å²) in [6, 6.07) is 5.12. The van der Waals surface area contributed by atoms with Crippen molar-refractivity contribution in [3.63, 3.8) is 0 Å². The number of aromatic nitrogens is 2. The van der Waals surface area contributed by atoms with Crippen LogP contribution in [0.25, 0.3) is 22.2 Å². The molecule has 3 rings (SSSR count). The summed E-state index contributed by atoms with van der Waals surface area (Å²) in [6.45, 7) is 0. The van der Waals surface area contributed by atoms with Crippen molar-refractivity contribution in [1.82, 2.24) is 10.1 Å².